The van der Waals surface area contributed by atoms with Crippen molar-refractivity contribution in [2.75, 3.05) is 6.61 Å². The Kier molecular flexibility index (Phi) is 8.24. The van der Waals surface area contributed by atoms with Crippen LogP contribution >= 0.6 is 0 Å². The van der Waals surface area contributed by atoms with Crippen LogP contribution in [-0.2, 0) is 4.74 Å². The normalized spacial score (nSPS) is 11.1. The molecule has 0 aliphatic heterocycles. The van der Waals surface area contributed by atoms with E-state index in [0.717, 1.165) is 34.8 Å². The van der Waals surface area contributed by atoms with Gasteiger partial charge in [0.1, 0.15) is 5.75 Å². The van der Waals surface area contributed by atoms with Gasteiger partial charge in [-0.1, -0.05) is 6.92 Å². The monoisotopic (exact) mass is 461 g/mol. The molecule has 0 bridgehead atoms. The first kappa shape index (κ1) is 24.8. The van der Waals surface area contributed by atoms with Crippen molar-refractivity contribution >= 4 is 18.1 Å². The average molecular weight is 462 g/mol. The summed E-state index contributed by atoms with van der Waals surface area (Å²) in [5, 5.41) is 4.13. The topological polar surface area (TPSA) is 81.9 Å². The van der Waals surface area contributed by atoms with E-state index in [1.165, 1.54) is 0 Å². The Morgan fingerprint density at radius 2 is 1.68 bits per heavy atom. The number of esters is 1. The third kappa shape index (κ3) is 6.13. The number of hydrogen-bond acceptors (Lipinski definition) is 5. The summed E-state index contributed by atoms with van der Waals surface area (Å²) in [5.41, 5.74) is 7.35. The van der Waals surface area contributed by atoms with Gasteiger partial charge in [-0.3, -0.25) is 4.79 Å². The second kappa shape index (κ2) is 11.3. The number of benzene rings is 2. The number of nitrogens with zero attached hydrogens (tertiary/aromatic N) is 2. The van der Waals surface area contributed by atoms with E-state index < -0.39 is 0 Å². The zero-order valence-corrected chi connectivity index (χ0v) is 20.3. The van der Waals surface area contributed by atoms with Gasteiger partial charge in [-0.25, -0.2) is 10.2 Å². The lowest BCUT2D eigenvalue weighted by molar-refractivity contribution is 0.0378. The number of carbonyl (C=O) groups excluding carboxylic acids is 2. The van der Waals surface area contributed by atoms with Crippen molar-refractivity contribution in [1.29, 1.82) is 0 Å². The van der Waals surface area contributed by atoms with Crippen LogP contribution in [0.15, 0.2) is 59.7 Å². The summed E-state index contributed by atoms with van der Waals surface area (Å²) >= 11 is 0. The molecule has 0 unspecified atom stereocenters. The fraction of sp³-hybridized carbons (Fsp3) is 0.296. The molecular formula is C27H31N3O4. The molecule has 1 heterocycles. The SMILES string of the molecule is CCCOc1ccc(C(=O)N/N=C\c2cc(C)n(-c3ccc(C(=O)OC(C)C)cc3)c2C)cc1. The molecule has 0 fully saturated rings. The standard InChI is InChI=1S/C27H31N3O4/c1-6-15-33-25-13-9-21(10-14-25)26(31)29-28-17-23-16-19(4)30(20(23)5)24-11-7-22(8-12-24)27(32)34-18(2)3/h7-14,16-18H,6,15H2,1-5H3,(H,29,31)/b28-17-. The van der Waals surface area contributed by atoms with Gasteiger partial charge in [-0.15, -0.1) is 0 Å². The van der Waals surface area contributed by atoms with Gasteiger partial charge in [0.2, 0.25) is 0 Å². The number of hydrazone groups is 1. The first-order valence-electron chi connectivity index (χ1n) is 11.4. The summed E-state index contributed by atoms with van der Waals surface area (Å²) in [6, 6.07) is 16.2. The van der Waals surface area contributed by atoms with Crippen LogP contribution in [-0.4, -0.2) is 35.4 Å². The molecule has 0 radical (unpaired) electrons. The lowest BCUT2D eigenvalue weighted by Crippen LogP contribution is -2.17. The smallest absolute Gasteiger partial charge is 0.338 e. The van der Waals surface area contributed by atoms with Crippen LogP contribution in [0, 0.1) is 13.8 Å². The molecule has 0 saturated carbocycles. The summed E-state index contributed by atoms with van der Waals surface area (Å²) in [7, 11) is 0. The second-order valence-electron chi connectivity index (χ2n) is 8.23. The van der Waals surface area contributed by atoms with E-state index in [1.54, 1.807) is 42.6 Å². The Hall–Kier alpha value is -3.87. The maximum atomic E-state index is 12.4. The Morgan fingerprint density at radius 1 is 1.03 bits per heavy atom. The van der Waals surface area contributed by atoms with Gasteiger partial charge in [0.25, 0.3) is 5.91 Å². The van der Waals surface area contributed by atoms with Crippen molar-refractivity contribution in [2.24, 2.45) is 5.10 Å². The zero-order valence-electron chi connectivity index (χ0n) is 20.3. The second-order valence-corrected chi connectivity index (χ2v) is 8.23. The van der Waals surface area contributed by atoms with E-state index >= 15 is 0 Å². The Morgan fingerprint density at radius 3 is 2.29 bits per heavy atom. The molecule has 1 N–H and O–H groups in total. The Bertz CT molecular complexity index is 1160. The number of ether oxygens (including phenoxy) is 2. The average Bonchev–Trinajstić information content (AvgIpc) is 3.10. The molecular weight excluding hydrogens is 430 g/mol. The first-order valence-corrected chi connectivity index (χ1v) is 11.4. The number of aryl methyl sites for hydroxylation is 1. The highest BCUT2D eigenvalue weighted by atomic mass is 16.5. The highest BCUT2D eigenvalue weighted by Crippen LogP contribution is 2.21. The van der Waals surface area contributed by atoms with Crippen LogP contribution in [0.2, 0.25) is 0 Å². The van der Waals surface area contributed by atoms with Crippen LogP contribution in [0.4, 0.5) is 0 Å². The number of amides is 1. The molecule has 0 aliphatic carbocycles. The summed E-state index contributed by atoms with van der Waals surface area (Å²) in [4.78, 5) is 24.5. The molecule has 1 aromatic heterocycles. The van der Waals surface area contributed by atoms with Crippen molar-refractivity contribution < 1.29 is 19.1 Å². The number of carbonyl (C=O) groups is 2. The van der Waals surface area contributed by atoms with Gasteiger partial charge < -0.3 is 14.0 Å². The summed E-state index contributed by atoms with van der Waals surface area (Å²) < 4.78 is 12.9. The summed E-state index contributed by atoms with van der Waals surface area (Å²) in [5.74, 6) is 0.101. The molecule has 178 valence electrons. The van der Waals surface area contributed by atoms with Crippen LogP contribution in [0.3, 0.4) is 0 Å². The summed E-state index contributed by atoms with van der Waals surface area (Å²) in [6.07, 6.45) is 2.39. The third-order valence-electron chi connectivity index (χ3n) is 5.13. The minimum Gasteiger partial charge on any atom is -0.494 e. The summed E-state index contributed by atoms with van der Waals surface area (Å²) in [6.45, 7) is 10.3. The molecule has 0 aliphatic rings. The predicted octanol–water partition coefficient (Wildman–Crippen LogP) is 5.21. The maximum absolute atomic E-state index is 12.4. The molecule has 2 aromatic carbocycles. The highest BCUT2D eigenvalue weighted by Gasteiger charge is 2.13. The number of rotatable bonds is 9. The number of aromatic nitrogens is 1. The lowest BCUT2D eigenvalue weighted by Gasteiger charge is -2.11. The zero-order chi connectivity index (χ0) is 24.7. The van der Waals surface area contributed by atoms with Crippen LogP contribution in [0.5, 0.6) is 5.75 Å². The molecule has 7 heteroatoms. The molecule has 7 nitrogen and oxygen atoms in total. The molecule has 0 saturated heterocycles. The molecule has 1 amide bonds. The van der Waals surface area contributed by atoms with Crippen LogP contribution < -0.4 is 10.2 Å². The predicted molar refractivity (Wildman–Crippen MR) is 133 cm³/mol. The minimum absolute atomic E-state index is 0.164. The maximum Gasteiger partial charge on any atom is 0.338 e. The molecule has 3 rings (SSSR count). The van der Waals surface area contributed by atoms with E-state index in [-0.39, 0.29) is 18.0 Å². The van der Waals surface area contributed by atoms with Gasteiger partial charge in [0, 0.05) is 28.2 Å². The van der Waals surface area contributed by atoms with Crippen molar-refractivity contribution in [3.8, 4) is 11.4 Å². The van der Waals surface area contributed by atoms with Crippen molar-refractivity contribution in [3.05, 3.63) is 82.7 Å². The fourth-order valence-corrected chi connectivity index (χ4v) is 3.49. The molecule has 0 atom stereocenters. The van der Waals surface area contributed by atoms with E-state index in [4.69, 9.17) is 9.47 Å². The lowest BCUT2D eigenvalue weighted by atomic mass is 10.2. The third-order valence-corrected chi connectivity index (χ3v) is 5.13. The van der Waals surface area contributed by atoms with Crippen LogP contribution in [0.1, 0.15) is 64.9 Å². The van der Waals surface area contributed by atoms with E-state index in [0.29, 0.717) is 17.7 Å². The minimum atomic E-state index is -0.339. The highest BCUT2D eigenvalue weighted by molar-refractivity contribution is 5.95. The number of nitrogens with one attached hydrogen (secondary N) is 1. The van der Waals surface area contributed by atoms with E-state index in [2.05, 4.69) is 15.1 Å². The molecule has 34 heavy (non-hydrogen) atoms. The van der Waals surface area contributed by atoms with Crippen molar-refractivity contribution in [2.45, 2.75) is 47.1 Å². The van der Waals surface area contributed by atoms with E-state index in [1.807, 2.05) is 52.8 Å². The van der Waals surface area contributed by atoms with Crippen molar-refractivity contribution in [1.82, 2.24) is 9.99 Å². The van der Waals surface area contributed by atoms with Gasteiger partial charge in [-0.2, -0.15) is 5.10 Å². The molecule has 3 aromatic rings. The first-order chi connectivity index (χ1) is 16.3. The fourth-order valence-electron chi connectivity index (χ4n) is 3.49. The quantitative estimate of drug-likeness (QED) is 0.269. The van der Waals surface area contributed by atoms with Crippen molar-refractivity contribution in [3.63, 3.8) is 0 Å². The van der Waals surface area contributed by atoms with Gasteiger partial charge in [-0.05, 0) is 88.7 Å². The Balaban J connectivity index is 1.68. The van der Waals surface area contributed by atoms with Gasteiger partial charge in [0.05, 0.1) is 24.5 Å². The molecule has 0 spiro atoms. The number of hydrogen-bond donors (Lipinski definition) is 1. The Labute approximate surface area is 200 Å². The van der Waals surface area contributed by atoms with Gasteiger partial charge >= 0.3 is 5.97 Å². The van der Waals surface area contributed by atoms with E-state index in [9.17, 15) is 9.59 Å². The van der Waals surface area contributed by atoms with Crippen LogP contribution in [0.25, 0.3) is 5.69 Å². The largest absolute Gasteiger partial charge is 0.494 e. The van der Waals surface area contributed by atoms with Gasteiger partial charge in [0.15, 0.2) is 0 Å².